The summed E-state index contributed by atoms with van der Waals surface area (Å²) in [4.78, 5) is 67.1. The number of para-hydroxylation sites is 1. The average molecular weight is 764 g/mol. The minimum atomic E-state index is -1.14. The zero-order valence-electron chi connectivity index (χ0n) is 32.2. The second-order valence-electron chi connectivity index (χ2n) is 14.9. The second kappa shape index (κ2) is 17.4. The van der Waals surface area contributed by atoms with Crippen molar-refractivity contribution in [2.24, 2.45) is 0 Å². The monoisotopic (exact) mass is 763 g/mol. The molecule has 294 valence electrons. The maximum atomic E-state index is 14.4. The molecule has 0 saturated heterocycles. The highest BCUT2D eigenvalue weighted by Gasteiger charge is 2.27. The first-order valence-corrected chi connectivity index (χ1v) is 17.5. The van der Waals surface area contributed by atoms with E-state index in [1.54, 1.807) is 86.0 Å². The number of nitrogens with zero attached hydrogens (tertiary/aromatic N) is 3. The zero-order chi connectivity index (χ0) is 40.7. The number of halogens is 2. The summed E-state index contributed by atoms with van der Waals surface area (Å²) in [6.07, 6.45) is 3.13. The molecule has 2 aromatic carbocycles. The summed E-state index contributed by atoms with van der Waals surface area (Å²) in [5, 5.41) is 5.70. The molecule has 4 aromatic rings. The van der Waals surface area contributed by atoms with Gasteiger partial charge in [-0.2, -0.15) is 0 Å². The van der Waals surface area contributed by atoms with Crippen LogP contribution in [-0.4, -0.2) is 69.4 Å². The number of allylic oxidation sites excluding steroid dienone is 1. The molecule has 4 rings (SSSR count). The highest BCUT2D eigenvalue weighted by atomic mass is 19.1. The number of anilines is 1. The summed E-state index contributed by atoms with van der Waals surface area (Å²) in [7, 11) is 3.20. The summed E-state index contributed by atoms with van der Waals surface area (Å²) >= 11 is 0. The van der Waals surface area contributed by atoms with Crippen molar-refractivity contribution in [2.75, 3.05) is 19.4 Å². The fraction of sp³-hybridized carbons (Fsp3) is 0.375. The predicted molar refractivity (Wildman–Crippen MR) is 203 cm³/mol. The number of rotatable bonds is 12. The Morgan fingerprint density at radius 2 is 1.64 bits per heavy atom. The van der Waals surface area contributed by atoms with E-state index in [9.17, 15) is 32.8 Å². The van der Waals surface area contributed by atoms with Gasteiger partial charge in [-0.25, -0.2) is 22.9 Å². The predicted octanol–water partition coefficient (Wildman–Crippen LogP) is 6.75. The van der Waals surface area contributed by atoms with E-state index in [-0.39, 0.29) is 48.9 Å². The fourth-order valence-electron chi connectivity index (χ4n) is 5.29. The summed E-state index contributed by atoms with van der Waals surface area (Å²) in [6, 6.07) is 11.6. The van der Waals surface area contributed by atoms with E-state index in [2.05, 4.69) is 10.6 Å². The van der Waals surface area contributed by atoms with Crippen molar-refractivity contribution in [1.29, 1.82) is 0 Å². The maximum Gasteiger partial charge on any atom is 0.419 e. The van der Waals surface area contributed by atoms with Gasteiger partial charge in [0.15, 0.2) is 0 Å². The summed E-state index contributed by atoms with van der Waals surface area (Å²) in [5.41, 5.74) is -1.75. The van der Waals surface area contributed by atoms with Crippen molar-refractivity contribution < 1.29 is 42.2 Å². The Balaban J connectivity index is 1.66. The van der Waals surface area contributed by atoms with Crippen LogP contribution in [0.15, 0.2) is 77.7 Å². The van der Waals surface area contributed by atoms with Gasteiger partial charge >= 0.3 is 12.2 Å². The van der Waals surface area contributed by atoms with Crippen molar-refractivity contribution in [1.82, 2.24) is 19.4 Å². The molecule has 55 heavy (non-hydrogen) atoms. The molecular formula is C40H47F2N5O8. The molecule has 2 N–H and O–H groups in total. The van der Waals surface area contributed by atoms with Crippen LogP contribution >= 0.6 is 0 Å². The number of fused-ring (bicyclic) bond motifs is 1. The minimum absolute atomic E-state index is 0.0809. The lowest BCUT2D eigenvalue weighted by Crippen LogP contribution is -2.46. The van der Waals surface area contributed by atoms with E-state index in [1.165, 1.54) is 44.5 Å². The number of benzene rings is 2. The molecule has 3 amide bonds. The largest absolute Gasteiger partial charge is 0.487 e. The molecule has 0 spiro atoms. The van der Waals surface area contributed by atoms with Gasteiger partial charge in [-0.3, -0.25) is 14.4 Å². The van der Waals surface area contributed by atoms with Crippen molar-refractivity contribution in [3.05, 3.63) is 106 Å². The first-order chi connectivity index (χ1) is 25.7. The van der Waals surface area contributed by atoms with Crippen LogP contribution in [0.2, 0.25) is 0 Å². The van der Waals surface area contributed by atoms with Crippen LogP contribution in [0.3, 0.4) is 0 Å². The van der Waals surface area contributed by atoms with Crippen LogP contribution in [0.5, 0.6) is 5.75 Å². The number of alkyl carbamates (subject to hydrolysis) is 1. The Morgan fingerprint density at radius 1 is 0.927 bits per heavy atom. The third-order valence-electron chi connectivity index (χ3n) is 7.78. The Morgan fingerprint density at radius 3 is 2.29 bits per heavy atom. The molecule has 13 nitrogen and oxygen atoms in total. The van der Waals surface area contributed by atoms with Crippen LogP contribution < -0.4 is 20.9 Å². The highest BCUT2D eigenvalue weighted by molar-refractivity contribution is 5.97. The quantitative estimate of drug-likeness (QED) is 0.151. The second-order valence-corrected chi connectivity index (χ2v) is 14.9. The van der Waals surface area contributed by atoms with Crippen LogP contribution in [0, 0.1) is 11.6 Å². The average Bonchev–Trinajstić information content (AvgIpc) is 3.44. The lowest BCUT2D eigenvalue weighted by molar-refractivity contribution is -0.123. The molecule has 15 heteroatoms. The topological polar surface area (TPSA) is 150 Å². The molecule has 2 heterocycles. The Labute approximate surface area is 317 Å². The molecule has 0 aliphatic rings. The molecule has 0 radical (unpaired) electrons. The number of aromatic nitrogens is 2. The van der Waals surface area contributed by atoms with Crippen LogP contribution in [0.1, 0.15) is 65.6 Å². The van der Waals surface area contributed by atoms with Gasteiger partial charge in [0.05, 0.1) is 12.2 Å². The third-order valence-corrected chi connectivity index (χ3v) is 7.78. The molecule has 1 unspecified atom stereocenters. The van der Waals surface area contributed by atoms with E-state index in [0.717, 1.165) is 12.1 Å². The number of pyridine rings is 1. The lowest BCUT2D eigenvalue weighted by Gasteiger charge is -2.23. The molecule has 2 aromatic heterocycles. The summed E-state index contributed by atoms with van der Waals surface area (Å²) in [6.45, 7) is 9.70. The number of nitrogens with one attached hydrogen (secondary N) is 2. The number of ether oxygens (including phenoxy) is 3. The Bertz CT molecular complexity index is 2140. The zero-order valence-corrected chi connectivity index (χ0v) is 32.2. The van der Waals surface area contributed by atoms with Crippen molar-refractivity contribution in [3.8, 4) is 5.75 Å². The highest BCUT2D eigenvalue weighted by Crippen LogP contribution is 2.31. The first-order valence-electron chi connectivity index (χ1n) is 17.5. The number of carbonyl (C=O) groups excluding carboxylic acids is 4. The summed E-state index contributed by atoms with van der Waals surface area (Å²) in [5.74, 6) is -2.26. The van der Waals surface area contributed by atoms with Crippen molar-refractivity contribution >= 4 is 40.6 Å². The van der Waals surface area contributed by atoms with E-state index in [0.29, 0.717) is 16.6 Å². The third kappa shape index (κ3) is 11.7. The minimum Gasteiger partial charge on any atom is -0.487 e. The molecule has 0 bridgehead atoms. The normalized spacial score (nSPS) is 12.3. The Kier molecular flexibility index (Phi) is 13.2. The van der Waals surface area contributed by atoms with Crippen LogP contribution in [-0.2, 0) is 32.2 Å². The van der Waals surface area contributed by atoms with Gasteiger partial charge in [0.25, 0.3) is 5.56 Å². The Hall–Kier alpha value is -5.99. The molecule has 0 fully saturated rings. The van der Waals surface area contributed by atoms with E-state index < -0.39 is 52.5 Å². The van der Waals surface area contributed by atoms with E-state index in [1.807, 2.05) is 0 Å². The first kappa shape index (κ1) is 41.8. The van der Waals surface area contributed by atoms with E-state index in [4.69, 9.17) is 14.2 Å². The van der Waals surface area contributed by atoms with Gasteiger partial charge in [0, 0.05) is 37.3 Å². The number of carbonyl (C=O) groups is 4. The van der Waals surface area contributed by atoms with Gasteiger partial charge in [0.1, 0.15) is 52.4 Å². The SMILES string of the molecule is CN(C)C(=O)/C=C/CCC(NC(=O)OC(C)(C)C)C(=O)Nc1cccn(Cc2cc3cccc(OCc4ccc(F)cc4F)c3n2C(=O)OC(C)(C)C)c1=O. The molecule has 0 aliphatic carbocycles. The van der Waals surface area contributed by atoms with Crippen molar-refractivity contribution in [3.63, 3.8) is 0 Å². The number of hydrogen-bond donors (Lipinski definition) is 2. The lowest BCUT2D eigenvalue weighted by atomic mass is 10.1. The van der Waals surface area contributed by atoms with Gasteiger partial charge in [0.2, 0.25) is 11.8 Å². The standard InChI is InChI=1S/C40H47F2N5O8/c1-39(2,3)54-37(51)44-30(14-9-10-17-33(48)45(7)8)35(49)43-31-15-12-20-46(36(31)50)23-28-21-25-13-11-16-32(34(25)47(28)38(52)55-40(4,5)6)53-24-26-18-19-27(41)22-29(26)42/h10-13,15-22,30H,9,14,23-24H2,1-8H3,(H,43,49)(H,44,51)/b17-10+. The molecule has 0 aliphatic heterocycles. The van der Waals surface area contributed by atoms with E-state index >= 15 is 0 Å². The van der Waals surface area contributed by atoms with Gasteiger partial charge in [-0.1, -0.05) is 18.2 Å². The van der Waals surface area contributed by atoms with Crippen molar-refractivity contribution in [2.45, 2.75) is 84.8 Å². The van der Waals surface area contributed by atoms with Gasteiger partial charge < -0.3 is 34.3 Å². The van der Waals surface area contributed by atoms with Gasteiger partial charge in [-0.15, -0.1) is 0 Å². The fourth-order valence-corrected chi connectivity index (χ4v) is 5.29. The molecule has 0 saturated carbocycles. The maximum absolute atomic E-state index is 14.4. The molecule has 1 atom stereocenters. The van der Waals surface area contributed by atoms with Gasteiger partial charge in [-0.05, 0) is 96.9 Å². The number of likely N-dealkylation sites (N-methyl/N-ethyl adjacent to an activating group) is 1. The number of hydrogen-bond acceptors (Lipinski definition) is 8. The van der Waals surface area contributed by atoms with Crippen LogP contribution in [0.4, 0.5) is 24.1 Å². The smallest absolute Gasteiger partial charge is 0.419 e. The molecular weight excluding hydrogens is 716 g/mol. The number of amides is 3. The summed E-state index contributed by atoms with van der Waals surface area (Å²) < 4.78 is 47.5. The van der Waals surface area contributed by atoms with Crippen LogP contribution in [0.25, 0.3) is 10.9 Å².